The molecule has 0 N–H and O–H groups in total. The van der Waals surface area contributed by atoms with Gasteiger partial charge in [-0.05, 0) is 48.5 Å². The Morgan fingerprint density at radius 3 is 1.72 bits per heavy atom. The van der Waals surface area contributed by atoms with E-state index >= 15 is 0 Å². The predicted octanol–water partition coefficient (Wildman–Crippen LogP) is 10.2. The molecule has 0 aliphatic rings. The Morgan fingerprint density at radius 2 is 0.974 bits per heavy atom. The summed E-state index contributed by atoms with van der Waals surface area (Å²) in [6.45, 7) is 0. The highest BCUT2D eigenvalue weighted by Crippen LogP contribution is 2.47. The molecule has 9 aromatic rings. The highest BCUT2D eigenvalue weighted by Gasteiger charge is 2.21. The van der Waals surface area contributed by atoms with Crippen molar-refractivity contribution in [1.82, 2.24) is 9.13 Å². The summed E-state index contributed by atoms with van der Waals surface area (Å²) < 4.78 is 7.54. The number of aromatic nitrogens is 2. The van der Waals surface area contributed by atoms with Crippen LogP contribution in [0.2, 0.25) is 0 Å². The Kier molecular flexibility index (Phi) is 4.24. The lowest BCUT2D eigenvalue weighted by Gasteiger charge is -2.09. The lowest BCUT2D eigenvalue weighted by atomic mass is 10.1. The van der Waals surface area contributed by atoms with Crippen molar-refractivity contribution in [3.8, 4) is 11.4 Å². The number of thiophene rings is 1. The Bertz CT molecular complexity index is 2370. The number of fused-ring (bicyclic) bond motifs is 11. The molecular formula is C36H22N2S. The standard InChI is InChI=1S/C36H22N2S/c1-3-11-23(12-4-1)37-30-18-10-8-16-27(30)33-31(37)21-19-28-34-32(39-36(28)33)22-20-26-25-15-7-9-17-29(25)38(35(26)34)24-13-5-2-6-14-24/h1-22H. The maximum atomic E-state index is 2.45. The van der Waals surface area contributed by atoms with Gasteiger partial charge >= 0.3 is 0 Å². The summed E-state index contributed by atoms with van der Waals surface area (Å²) in [7, 11) is 0. The topological polar surface area (TPSA) is 9.86 Å². The van der Waals surface area contributed by atoms with Crippen LogP contribution < -0.4 is 0 Å². The molecule has 3 aromatic heterocycles. The van der Waals surface area contributed by atoms with Crippen LogP contribution in [0, 0.1) is 0 Å². The first-order chi connectivity index (χ1) is 19.4. The van der Waals surface area contributed by atoms with E-state index in [0.717, 1.165) is 0 Å². The van der Waals surface area contributed by atoms with Crippen LogP contribution in [-0.4, -0.2) is 9.13 Å². The molecule has 0 amide bonds. The number of nitrogens with zero attached hydrogens (tertiary/aromatic N) is 2. The fraction of sp³-hybridized carbons (Fsp3) is 0. The fourth-order valence-electron chi connectivity index (χ4n) is 6.53. The zero-order valence-corrected chi connectivity index (χ0v) is 21.8. The van der Waals surface area contributed by atoms with Gasteiger partial charge in [0, 0.05) is 53.1 Å². The quantitative estimate of drug-likeness (QED) is 0.217. The smallest absolute Gasteiger partial charge is 0.0634 e. The van der Waals surface area contributed by atoms with E-state index in [9.17, 15) is 0 Å². The third-order valence-corrected chi connectivity index (χ3v) is 9.29. The second-order valence-electron chi connectivity index (χ2n) is 10.1. The molecule has 0 saturated carbocycles. The van der Waals surface area contributed by atoms with E-state index in [1.165, 1.54) is 75.2 Å². The lowest BCUT2D eigenvalue weighted by molar-refractivity contribution is 1.18. The van der Waals surface area contributed by atoms with Crippen molar-refractivity contribution in [1.29, 1.82) is 0 Å². The van der Waals surface area contributed by atoms with Crippen LogP contribution in [0.15, 0.2) is 133 Å². The second-order valence-corrected chi connectivity index (χ2v) is 11.2. The van der Waals surface area contributed by atoms with Gasteiger partial charge in [-0.25, -0.2) is 0 Å². The van der Waals surface area contributed by atoms with Gasteiger partial charge in [-0.3, -0.25) is 0 Å². The van der Waals surface area contributed by atoms with Gasteiger partial charge in [-0.1, -0.05) is 84.9 Å². The molecule has 0 bridgehead atoms. The monoisotopic (exact) mass is 514 g/mol. The van der Waals surface area contributed by atoms with Crippen LogP contribution in [-0.2, 0) is 0 Å². The molecule has 0 unspecified atom stereocenters. The maximum absolute atomic E-state index is 2.45. The van der Waals surface area contributed by atoms with Gasteiger partial charge in [-0.2, -0.15) is 0 Å². The Balaban J connectivity index is 1.50. The van der Waals surface area contributed by atoms with Crippen LogP contribution in [0.4, 0.5) is 0 Å². The van der Waals surface area contributed by atoms with Crippen LogP contribution in [0.3, 0.4) is 0 Å². The minimum atomic E-state index is 1.19. The normalized spacial score (nSPS) is 12.1. The minimum Gasteiger partial charge on any atom is -0.309 e. The summed E-state index contributed by atoms with van der Waals surface area (Å²) >= 11 is 1.92. The van der Waals surface area contributed by atoms with Crippen molar-refractivity contribution in [2.24, 2.45) is 0 Å². The average Bonchev–Trinajstić information content (AvgIpc) is 3.65. The number of para-hydroxylation sites is 4. The summed E-state index contributed by atoms with van der Waals surface area (Å²) in [5.74, 6) is 0. The van der Waals surface area contributed by atoms with Crippen LogP contribution in [0.5, 0.6) is 0 Å². The molecule has 3 heterocycles. The highest BCUT2D eigenvalue weighted by molar-refractivity contribution is 7.27. The molecule has 9 rings (SSSR count). The molecule has 0 spiro atoms. The second kappa shape index (κ2) is 7.83. The molecule has 0 aliphatic heterocycles. The van der Waals surface area contributed by atoms with E-state index in [1.807, 2.05) is 11.3 Å². The van der Waals surface area contributed by atoms with Gasteiger partial charge in [0.25, 0.3) is 0 Å². The first kappa shape index (κ1) is 21.1. The highest BCUT2D eigenvalue weighted by atomic mass is 32.1. The van der Waals surface area contributed by atoms with Crippen LogP contribution in [0.1, 0.15) is 0 Å². The summed E-state index contributed by atoms with van der Waals surface area (Å²) in [4.78, 5) is 0. The van der Waals surface area contributed by atoms with Crippen LogP contribution in [0.25, 0.3) is 75.2 Å². The largest absolute Gasteiger partial charge is 0.309 e. The van der Waals surface area contributed by atoms with Crippen molar-refractivity contribution in [3.05, 3.63) is 133 Å². The van der Waals surface area contributed by atoms with Crippen molar-refractivity contribution in [2.45, 2.75) is 0 Å². The lowest BCUT2D eigenvalue weighted by Crippen LogP contribution is -1.93. The average molecular weight is 515 g/mol. The van der Waals surface area contributed by atoms with Crippen LogP contribution >= 0.6 is 11.3 Å². The zero-order valence-electron chi connectivity index (χ0n) is 21.0. The first-order valence-corrected chi connectivity index (χ1v) is 14.1. The van der Waals surface area contributed by atoms with E-state index in [0.29, 0.717) is 0 Å². The number of hydrogen-bond acceptors (Lipinski definition) is 1. The van der Waals surface area contributed by atoms with E-state index in [4.69, 9.17) is 0 Å². The van der Waals surface area contributed by atoms with E-state index in [-0.39, 0.29) is 0 Å². The maximum Gasteiger partial charge on any atom is 0.0634 e. The summed E-state index contributed by atoms with van der Waals surface area (Å²) in [5.41, 5.74) is 7.41. The molecular weight excluding hydrogens is 492 g/mol. The van der Waals surface area contributed by atoms with Gasteiger partial charge in [0.1, 0.15) is 0 Å². The Hall–Kier alpha value is -4.86. The Labute approximate surface area is 228 Å². The molecule has 2 nitrogen and oxygen atoms in total. The summed E-state index contributed by atoms with van der Waals surface area (Å²) in [6.07, 6.45) is 0. The minimum absolute atomic E-state index is 1.19. The summed E-state index contributed by atoms with van der Waals surface area (Å²) in [5, 5.41) is 7.89. The third-order valence-electron chi connectivity index (χ3n) is 8.10. The Morgan fingerprint density at radius 1 is 0.385 bits per heavy atom. The van der Waals surface area contributed by atoms with Crippen molar-refractivity contribution in [3.63, 3.8) is 0 Å². The number of rotatable bonds is 2. The van der Waals surface area contributed by atoms with E-state index in [2.05, 4.69) is 143 Å². The molecule has 3 heteroatoms. The van der Waals surface area contributed by atoms with Gasteiger partial charge < -0.3 is 9.13 Å². The van der Waals surface area contributed by atoms with E-state index < -0.39 is 0 Å². The molecule has 6 aromatic carbocycles. The van der Waals surface area contributed by atoms with Crippen molar-refractivity contribution in [2.75, 3.05) is 0 Å². The van der Waals surface area contributed by atoms with Gasteiger partial charge in [-0.15, -0.1) is 11.3 Å². The molecule has 182 valence electrons. The molecule has 0 aliphatic carbocycles. The molecule has 39 heavy (non-hydrogen) atoms. The molecule has 0 atom stereocenters. The van der Waals surface area contributed by atoms with E-state index in [1.54, 1.807) is 0 Å². The fourth-order valence-corrected chi connectivity index (χ4v) is 7.79. The van der Waals surface area contributed by atoms with Gasteiger partial charge in [0.05, 0.1) is 22.1 Å². The predicted molar refractivity (Wildman–Crippen MR) is 168 cm³/mol. The molecule has 0 saturated heterocycles. The molecule has 0 radical (unpaired) electrons. The number of hydrogen-bond donors (Lipinski definition) is 0. The summed E-state index contributed by atoms with van der Waals surface area (Å²) in [6, 6.07) is 48.4. The number of benzene rings is 6. The van der Waals surface area contributed by atoms with Crippen molar-refractivity contribution >= 4 is 75.1 Å². The van der Waals surface area contributed by atoms with Gasteiger partial charge in [0.15, 0.2) is 0 Å². The van der Waals surface area contributed by atoms with Gasteiger partial charge in [0.2, 0.25) is 0 Å². The zero-order chi connectivity index (χ0) is 25.5. The third kappa shape index (κ3) is 2.80. The van der Waals surface area contributed by atoms with Crippen molar-refractivity contribution < 1.29 is 0 Å². The molecule has 0 fully saturated rings. The SMILES string of the molecule is c1ccc(-n2c3ccccc3c3c4sc5ccc6c7ccccc7n(-c7ccccc7)c6c5c4ccc32)cc1. The first-order valence-electron chi connectivity index (χ1n) is 13.3.